The molecule has 2 aromatic carbocycles. The predicted octanol–water partition coefficient (Wildman–Crippen LogP) is 5.67. The van der Waals surface area contributed by atoms with Crippen molar-refractivity contribution >= 4 is 46.6 Å². The molecule has 7 nitrogen and oxygen atoms in total. The first-order valence-corrected chi connectivity index (χ1v) is 10.2. The number of urea groups is 2. The van der Waals surface area contributed by atoms with Crippen LogP contribution in [0.1, 0.15) is 27.7 Å². The average molecular weight is 451 g/mol. The summed E-state index contributed by atoms with van der Waals surface area (Å²) in [5.41, 5.74) is 0.0880. The Kier molecular flexibility index (Phi) is 6.17. The summed E-state index contributed by atoms with van der Waals surface area (Å²) in [5, 5.41) is 15.1. The maximum Gasteiger partial charge on any atom is 0.347 e. The van der Waals surface area contributed by atoms with Crippen molar-refractivity contribution in [3.63, 3.8) is 0 Å². The fourth-order valence-electron chi connectivity index (χ4n) is 3.88. The van der Waals surface area contributed by atoms with Crippen LogP contribution in [0.15, 0.2) is 48.5 Å². The molecule has 0 radical (unpaired) electrons. The molecule has 0 saturated carbocycles. The minimum atomic E-state index is -0.985. The summed E-state index contributed by atoms with van der Waals surface area (Å²) in [5.74, 6) is 0. The smallest absolute Gasteiger partial charge is 0.313 e. The quantitative estimate of drug-likeness (QED) is 0.465. The van der Waals surface area contributed by atoms with Gasteiger partial charge >= 0.3 is 12.1 Å². The Morgan fingerprint density at radius 3 is 2.07 bits per heavy atom. The largest absolute Gasteiger partial charge is 0.347 e. The van der Waals surface area contributed by atoms with Crippen molar-refractivity contribution in [3.05, 3.63) is 58.6 Å². The fraction of sp³-hybridized carbons (Fsp3) is 0.333. The highest BCUT2D eigenvalue weighted by atomic mass is 35.5. The zero-order chi connectivity index (χ0) is 22.2. The van der Waals surface area contributed by atoms with Gasteiger partial charge in [-0.3, -0.25) is 10.1 Å². The second kappa shape index (κ2) is 8.34. The summed E-state index contributed by atoms with van der Waals surface area (Å²) >= 11 is 11.9. The molecule has 0 bridgehead atoms. The highest BCUT2D eigenvalue weighted by Crippen LogP contribution is 2.39. The van der Waals surface area contributed by atoms with Crippen LogP contribution in [-0.4, -0.2) is 45.0 Å². The number of benzene rings is 2. The highest BCUT2D eigenvalue weighted by Gasteiger charge is 2.56. The van der Waals surface area contributed by atoms with Crippen molar-refractivity contribution in [3.8, 4) is 0 Å². The monoisotopic (exact) mass is 450 g/mol. The Labute approximate surface area is 185 Å². The number of nitrogens with zero attached hydrogens (tertiary/aromatic N) is 3. The molecule has 30 heavy (non-hydrogen) atoms. The summed E-state index contributed by atoms with van der Waals surface area (Å²) in [6.45, 7) is 7.39. The first kappa shape index (κ1) is 22.2. The van der Waals surface area contributed by atoms with Gasteiger partial charge in [-0.2, -0.15) is 5.06 Å². The van der Waals surface area contributed by atoms with Crippen LogP contribution < -0.4 is 10.2 Å². The van der Waals surface area contributed by atoms with Crippen molar-refractivity contribution in [1.82, 2.24) is 9.96 Å². The number of nitrogens with one attached hydrogen (secondary N) is 1. The van der Waals surface area contributed by atoms with Crippen molar-refractivity contribution in [2.24, 2.45) is 0 Å². The van der Waals surface area contributed by atoms with Crippen molar-refractivity contribution < 1.29 is 14.8 Å². The third-order valence-electron chi connectivity index (χ3n) is 5.07. The van der Waals surface area contributed by atoms with Crippen LogP contribution in [0.3, 0.4) is 0 Å². The summed E-state index contributed by atoms with van der Waals surface area (Å²) in [7, 11) is 0. The summed E-state index contributed by atoms with van der Waals surface area (Å²) < 4.78 is 0. The van der Waals surface area contributed by atoms with Crippen LogP contribution in [0.5, 0.6) is 0 Å². The molecule has 1 fully saturated rings. The van der Waals surface area contributed by atoms with Gasteiger partial charge in [0.2, 0.25) is 0 Å². The Balaban J connectivity index is 1.98. The molecule has 1 heterocycles. The van der Waals surface area contributed by atoms with E-state index in [1.54, 1.807) is 53.4 Å². The molecule has 2 N–H and O–H groups in total. The van der Waals surface area contributed by atoms with E-state index in [4.69, 9.17) is 23.2 Å². The normalized spacial score (nSPS) is 18.1. The van der Waals surface area contributed by atoms with E-state index >= 15 is 0 Å². The Morgan fingerprint density at radius 1 is 1.07 bits per heavy atom. The SMILES string of the molecule is CC(C)N1C(=O)N(c2ccc(Cl)cc2)C(N(O)C(=O)Nc2ccc(Cl)cc2)C1(C)C. The molecule has 9 heteroatoms. The Bertz CT molecular complexity index is 932. The van der Waals surface area contributed by atoms with E-state index in [0.29, 0.717) is 26.5 Å². The van der Waals surface area contributed by atoms with Gasteiger partial charge in [0.15, 0.2) is 6.17 Å². The van der Waals surface area contributed by atoms with Gasteiger partial charge in [-0.15, -0.1) is 0 Å². The topological polar surface area (TPSA) is 76.1 Å². The van der Waals surface area contributed by atoms with Gasteiger partial charge in [-0.05, 0) is 76.2 Å². The molecule has 1 aliphatic heterocycles. The van der Waals surface area contributed by atoms with Gasteiger partial charge in [0.25, 0.3) is 0 Å². The number of halogens is 2. The Morgan fingerprint density at radius 2 is 1.57 bits per heavy atom. The third kappa shape index (κ3) is 4.05. The first-order chi connectivity index (χ1) is 14.0. The van der Waals surface area contributed by atoms with E-state index in [9.17, 15) is 14.8 Å². The van der Waals surface area contributed by atoms with E-state index < -0.39 is 17.7 Å². The standard InChI is InChI=1S/C21H24Cl2N4O3/c1-13(2)26-20(29)25(17-11-7-15(23)8-12-17)18(21(26,3)4)27(30)19(28)24-16-9-5-14(22)6-10-16/h5-13,18,30H,1-4H3,(H,24,28). The zero-order valence-corrected chi connectivity index (χ0v) is 18.6. The molecular formula is C21H24Cl2N4O3. The van der Waals surface area contributed by atoms with Crippen molar-refractivity contribution in [2.75, 3.05) is 10.2 Å². The molecular weight excluding hydrogens is 427 g/mol. The lowest BCUT2D eigenvalue weighted by atomic mass is 9.98. The first-order valence-electron chi connectivity index (χ1n) is 9.46. The van der Waals surface area contributed by atoms with Gasteiger partial charge in [0, 0.05) is 27.5 Å². The molecule has 2 aromatic rings. The molecule has 0 spiro atoms. The molecule has 3 rings (SSSR count). The van der Waals surface area contributed by atoms with Gasteiger partial charge in [-0.1, -0.05) is 23.2 Å². The molecule has 0 aliphatic carbocycles. The summed E-state index contributed by atoms with van der Waals surface area (Å²) in [6.07, 6.45) is -0.985. The van der Waals surface area contributed by atoms with Crippen LogP contribution >= 0.6 is 23.2 Å². The predicted molar refractivity (Wildman–Crippen MR) is 118 cm³/mol. The number of hydrogen-bond donors (Lipinski definition) is 2. The van der Waals surface area contributed by atoms with E-state index in [-0.39, 0.29) is 12.1 Å². The lowest BCUT2D eigenvalue weighted by molar-refractivity contribution is -0.0968. The summed E-state index contributed by atoms with van der Waals surface area (Å²) in [4.78, 5) is 29.2. The van der Waals surface area contributed by atoms with Gasteiger partial charge in [-0.25, -0.2) is 9.59 Å². The van der Waals surface area contributed by atoms with Crippen LogP contribution in [0.2, 0.25) is 10.0 Å². The van der Waals surface area contributed by atoms with Crippen LogP contribution in [0.4, 0.5) is 21.0 Å². The van der Waals surface area contributed by atoms with E-state index in [0.717, 1.165) is 0 Å². The zero-order valence-electron chi connectivity index (χ0n) is 17.1. The van der Waals surface area contributed by atoms with Crippen molar-refractivity contribution in [1.29, 1.82) is 0 Å². The van der Waals surface area contributed by atoms with Crippen LogP contribution in [-0.2, 0) is 0 Å². The highest BCUT2D eigenvalue weighted by molar-refractivity contribution is 6.31. The second-order valence-electron chi connectivity index (χ2n) is 7.90. The summed E-state index contributed by atoms with van der Waals surface area (Å²) in [6, 6.07) is 11.9. The molecule has 1 aliphatic rings. The number of rotatable bonds is 4. The number of amides is 4. The van der Waals surface area contributed by atoms with Gasteiger partial charge < -0.3 is 10.2 Å². The average Bonchev–Trinajstić information content (AvgIpc) is 2.88. The minimum Gasteiger partial charge on any atom is -0.313 e. The van der Waals surface area contributed by atoms with E-state index in [1.807, 2.05) is 27.7 Å². The third-order valence-corrected chi connectivity index (χ3v) is 5.57. The van der Waals surface area contributed by atoms with Crippen LogP contribution in [0, 0.1) is 0 Å². The molecule has 1 atom stereocenters. The van der Waals surface area contributed by atoms with E-state index in [2.05, 4.69) is 5.32 Å². The molecule has 4 amide bonds. The van der Waals surface area contributed by atoms with Gasteiger partial charge in [0.1, 0.15) is 0 Å². The van der Waals surface area contributed by atoms with Crippen LogP contribution in [0.25, 0.3) is 0 Å². The molecule has 160 valence electrons. The van der Waals surface area contributed by atoms with Gasteiger partial charge in [0.05, 0.1) is 5.54 Å². The maximum absolute atomic E-state index is 13.3. The number of anilines is 2. The number of hydroxylamine groups is 2. The number of carbonyl (C=O) groups excluding carboxylic acids is 2. The molecule has 0 aromatic heterocycles. The number of hydrogen-bond acceptors (Lipinski definition) is 3. The molecule has 1 saturated heterocycles. The molecule has 1 unspecified atom stereocenters. The minimum absolute atomic E-state index is 0.153. The second-order valence-corrected chi connectivity index (χ2v) is 8.77. The lowest BCUT2D eigenvalue weighted by Crippen LogP contribution is -2.58. The fourth-order valence-corrected chi connectivity index (χ4v) is 4.13. The van der Waals surface area contributed by atoms with Crippen molar-refractivity contribution in [2.45, 2.75) is 45.4 Å². The lowest BCUT2D eigenvalue weighted by Gasteiger charge is -2.39. The van der Waals surface area contributed by atoms with E-state index in [1.165, 1.54) is 4.90 Å². The maximum atomic E-state index is 13.3. The number of carbonyl (C=O) groups is 2. The Hall–Kier alpha value is -2.48.